The molecule has 1 N–H and O–H groups in total. The van der Waals surface area contributed by atoms with Gasteiger partial charge in [0.1, 0.15) is 5.69 Å². The molecule has 3 heterocycles. The van der Waals surface area contributed by atoms with Gasteiger partial charge in [-0.05, 0) is 49.4 Å². The number of ketones is 1. The molecular weight excluding hydrogens is 460 g/mol. The number of amides is 1. The van der Waals surface area contributed by atoms with Crippen molar-refractivity contribution in [1.82, 2.24) is 19.4 Å². The van der Waals surface area contributed by atoms with E-state index in [1.54, 1.807) is 39.9 Å². The molecule has 1 fully saturated rings. The average Bonchev–Trinajstić information content (AvgIpc) is 3.48. The monoisotopic (exact) mass is 486 g/mol. The SMILES string of the molecule is CC(C)CCn1c(SCC(=O)c2c[nH]c(C(=O)N3CCCC3)c2)nc2cc(Cl)ccc2c1=O. The summed E-state index contributed by atoms with van der Waals surface area (Å²) in [6, 6.07) is 6.66. The fourth-order valence-electron chi connectivity index (χ4n) is 3.85. The second kappa shape index (κ2) is 10.1. The van der Waals surface area contributed by atoms with Crippen molar-refractivity contribution in [3.8, 4) is 0 Å². The number of rotatable bonds is 8. The molecule has 7 nitrogen and oxygen atoms in total. The first kappa shape index (κ1) is 23.6. The van der Waals surface area contributed by atoms with Crippen molar-refractivity contribution < 1.29 is 9.59 Å². The van der Waals surface area contributed by atoms with Crippen LogP contribution in [0.5, 0.6) is 0 Å². The van der Waals surface area contributed by atoms with Crippen LogP contribution < -0.4 is 5.56 Å². The van der Waals surface area contributed by atoms with Crippen molar-refractivity contribution in [1.29, 1.82) is 0 Å². The van der Waals surface area contributed by atoms with Crippen LogP contribution in [0.3, 0.4) is 0 Å². The first-order valence-corrected chi connectivity index (χ1v) is 12.5. The molecule has 1 aromatic carbocycles. The molecule has 4 rings (SSSR count). The summed E-state index contributed by atoms with van der Waals surface area (Å²) in [7, 11) is 0. The first-order chi connectivity index (χ1) is 15.8. The standard InChI is InChI=1S/C24H27ClN4O3S/c1-15(2)7-10-29-22(31)18-6-5-17(25)12-19(18)27-24(29)33-14-21(30)16-11-20(26-13-16)23(32)28-8-3-4-9-28/h5-6,11-13,15,26H,3-4,7-10,14H2,1-2H3. The van der Waals surface area contributed by atoms with Gasteiger partial charge in [-0.2, -0.15) is 0 Å². The van der Waals surface area contributed by atoms with Crippen LogP contribution in [-0.2, 0) is 6.54 Å². The number of likely N-dealkylation sites (tertiary alicyclic amines) is 1. The highest BCUT2D eigenvalue weighted by Gasteiger charge is 2.22. The fourth-order valence-corrected chi connectivity index (χ4v) is 4.94. The minimum atomic E-state index is -0.132. The van der Waals surface area contributed by atoms with E-state index in [0.29, 0.717) is 44.8 Å². The number of hydrogen-bond acceptors (Lipinski definition) is 5. The predicted molar refractivity (Wildman–Crippen MR) is 131 cm³/mol. The fraction of sp³-hybridized carbons (Fsp3) is 0.417. The maximum Gasteiger partial charge on any atom is 0.270 e. The Kier molecular flexibility index (Phi) is 7.24. The third-order valence-corrected chi connectivity index (χ3v) is 6.98. The Morgan fingerprint density at radius 3 is 2.70 bits per heavy atom. The predicted octanol–water partition coefficient (Wildman–Crippen LogP) is 4.64. The molecule has 0 spiro atoms. The summed E-state index contributed by atoms with van der Waals surface area (Å²) in [6.07, 6.45) is 4.42. The number of H-pyrrole nitrogens is 1. The van der Waals surface area contributed by atoms with Gasteiger partial charge in [-0.3, -0.25) is 19.0 Å². The molecule has 2 aromatic heterocycles. The van der Waals surface area contributed by atoms with Gasteiger partial charge in [-0.25, -0.2) is 4.98 Å². The molecule has 0 bridgehead atoms. The number of thioether (sulfide) groups is 1. The summed E-state index contributed by atoms with van der Waals surface area (Å²) in [6.45, 7) is 6.23. The summed E-state index contributed by atoms with van der Waals surface area (Å²) in [5.41, 5.74) is 1.26. The van der Waals surface area contributed by atoms with Gasteiger partial charge in [0, 0.05) is 36.4 Å². The number of aromatic amines is 1. The molecule has 0 unspecified atom stereocenters. The van der Waals surface area contributed by atoms with Crippen LogP contribution >= 0.6 is 23.4 Å². The largest absolute Gasteiger partial charge is 0.356 e. The van der Waals surface area contributed by atoms with Crippen molar-refractivity contribution in [3.63, 3.8) is 0 Å². The van der Waals surface area contributed by atoms with E-state index in [9.17, 15) is 14.4 Å². The molecule has 0 aliphatic carbocycles. The average molecular weight is 487 g/mol. The highest BCUT2D eigenvalue weighted by atomic mass is 35.5. The molecular formula is C24H27ClN4O3S. The molecule has 33 heavy (non-hydrogen) atoms. The molecule has 174 valence electrons. The number of carbonyl (C=O) groups is 2. The number of hydrogen-bond donors (Lipinski definition) is 1. The van der Waals surface area contributed by atoms with Crippen LogP contribution in [0.1, 0.15) is 54.0 Å². The summed E-state index contributed by atoms with van der Waals surface area (Å²) in [5, 5.41) is 1.51. The van der Waals surface area contributed by atoms with Crippen LogP contribution in [0.4, 0.5) is 0 Å². The number of Topliss-reactive ketones (excluding diaryl/α,β-unsaturated/α-hetero) is 1. The van der Waals surface area contributed by atoms with E-state index in [1.165, 1.54) is 11.8 Å². The van der Waals surface area contributed by atoms with Crippen LogP contribution in [0.15, 0.2) is 40.4 Å². The van der Waals surface area contributed by atoms with Crippen LogP contribution in [0.25, 0.3) is 10.9 Å². The van der Waals surface area contributed by atoms with E-state index >= 15 is 0 Å². The second-order valence-electron chi connectivity index (χ2n) is 8.71. The Morgan fingerprint density at radius 1 is 1.21 bits per heavy atom. The number of halogens is 1. The third-order valence-electron chi connectivity index (χ3n) is 5.77. The number of nitrogens with one attached hydrogen (secondary N) is 1. The van der Waals surface area contributed by atoms with Crippen molar-refractivity contribution in [2.24, 2.45) is 5.92 Å². The van der Waals surface area contributed by atoms with E-state index < -0.39 is 0 Å². The van der Waals surface area contributed by atoms with Gasteiger partial charge in [-0.15, -0.1) is 0 Å². The Morgan fingerprint density at radius 2 is 1.97 bits per heavy atom. The topological polar surface area (TPSA) is 88.1 Å². The third kappa shape index (κ3) is 5.33. The van der Waals surface area contributed by atoms with Gasteiger partial charge in [0.25, 0.3) is 11.5 Å². The number of fused-ring (bicyclic) bond motifs is 1. The maximum atomic E-state index is 13.1. The molecule has 1 aliphatic rings. The lowest BCUT2D eigenvalue weighted by Crippen LogP contribution is -2.27. The smallest absolute Gasteiger partial charge is 0.270 e. The minimum absolute atomic E-state index is 0.0743. The quantitative estimate of drug-likeness (QED) is 0.285. The van der Waals surface area contributed by atoms with Gasteiger partial charge in [0.2, 0.25) is 0 Å². The molecule has 0 atom stereocenters. The van der Waals surface area contributed by atoms with Crippen LogP contribution in [0.2, 0.25) is 5.02 Å². The summed E-state index contributed by atoms with van der Waals surface area (Å²) < 4.78 is 1.65. The maximum absolute atomic E-state index is 13.1. The Labute approximate surface area is 201 Å². The molecule has 9 heteroatoms. The van der Waals surface area contributed by atoms with E-state index in [0.717, 1.165) is 32.4 Å². The highest BCUT2D eigenvalue weighted by Crippen LogP contribution is 2.23. The van der Waals surface area contributed by atoms with E-state index in [2.05, 4.69) is 23.8 Å². The first-order valence-electron chi connectivity index (χ1n) is 11.2. The molecule has 0 saturated carbocycles. The van der Waals surface area contributed by atoms with E-state index in [-0.39, 0.29) is 23.0 Å². The molecule has 1 saturated heterocycles. The van der Waals surface area contributed by atoms with Crippen molar-refractivity contribution in [2.45, 2.75) is 44.8 Å². The zero-order valence-corrected chi connectivity index (χ0v) is 20.3. The summed E-state index contributed by atoms with van der Waals surface area (Å²) in [4.78, 5) is 47.9. The lowest BCUT2D eigenvalue weighted by atomic mass is 10.1. The van der Waals surface area contributed by atoms with Gasteiger partial charge in [-0.1, -0.05) is 37.2 Å². The van der Waals surface area contributed by atoms with Gasteiger partial charge in [0.05, 0.1) is 16.7 Å². The van der Waals surface area contributed by atoms with E-state index in [1.807, 2.05) is 0 Å². The molecule has 0 radical (unpaired) electrons. The van der Waals surface area contributed by atoms with Gasteiger partial charge in [0.15, 0.2) is 10.9 Å². The van der Waals surface area contributed by atoms with Crippen molar-refractivity contribution in [2.75, 3.05) is 18.8 Å². The zero-order valence-electron chi connectivity index (χ0n) is 18.8. The van der Waals surface area contributed by atoms with Gasteiger partial charge >= 0.3 is 0 Å². The zero-order chi connectivity index (χ0) is 23.5. The van der Waals surface area contributed by atoms with Crippen LogP contribution in [0, 0.1) is 5.92 Å². The lowest BCUT2D eigenvalue weighted by Gasteiger charge is -2.14. The van der Waals surface area contributed by atoms with Crippen LogP contribution in [-0.4, -0.2) is 50.0 Å². The normalized spacial score (nSPS) is 13.9. The summed E-state index contributed by atoms with van der Waals surface area (Å²) in [5.74, 6) is 0.321. The molecule has 1 aliphatic heterocycles. The van der Waals surface area contributed by atoms with E-state index in [4.69, 9.17) is 11.6 Å². The Balaban J connectivity index is 1.54. The number of nitrogens with zero attached hydrogens (tertiary/aromatic N) is 3. The Hall–Kier alpha value is -2.58. The molecule has 3 aromatic rings. The number of aromatic nitrogens is 3. The Bertz CT molecular complexity index is 1240. The van der Waals surface area contributed by atoms with Crippen molar-refractivity contribution >= 4 is 46.0 Å². The molecule has 1 amide bonds. The highest BCUT2D eigenvalue weighted by molar-refractivity contribution is 7.99. The number of carbonyl (C=O) groups excluding carboxylic acids is 2. The summed E-state index contributed by atoms with van der Waals surface area (Å²) >= 11 is 7.33. The lowest BCUT2D eigenvalue weighted by molar-refractivity contribution is 0.0787. The number of benzene rings is 1. The van der Waals surface area contributed by atoms with Gasteiger partial charge < -0.3 is 9.88 Å². The van der Waals surface area contributed by atoms with Crippen molar-refractivity contribution in [3.05, 3.63) is 57.1 Å². The minimum Gasteiger partial charge on any atom is -0.356 e. The second-order valence-corrected chi connectivity index (χ2v) is 10.1.